The molecule has 0 spiro atoms. The standard InChI is InChI=1S/C26H30N7O5P/c34-23(31-20(9-24(35)36)14-2-1-3-17(6-14)38-16-4-5-16)13-27-25(37)15-7-21(19-12-30-33-22(19)8-15)32-26-28-10-18(39)11-29-26/h1-3,6-8,12,16,18,20H,4-5,9-11,13,39H2,(H,27,37)(H,30,33)(H,31,34)(H,35,36)(H2,28,29,32). The van der Waals surface area contributed by atoms with E-state index in [-0.39, 0.29) is 19.1 Å². The van der Waals surface area contributed by atoms with E-state index in [1.54, 1.807) is 42.6 Å². The minimum atomic E-state index is -1.06. The van der Waals surface area contributed by atoms with Gasteiger partial charge in [-0.2, -0.15) is 5.10 Å². The first-order chi connectivity index (χ1) is 18.8. The van der Waals surface area contributed by atoms with E-state index in [1.165, 1.54) is 0 Å². The van der Waals surface area contributed by atoms with E-state index < -0.39 is 23.8 Å². The fourth-order valence-corrected chi connectivity index (χ4v) is 4.39. The summed E-state index contributed by atoms with van der Waals surface area (Å²) in [5.74, 6) is -0.811. The monoisotopic (exact) mass is 551 g/mol. The topological polar surface area (TPSA) is 170 Å². The Balaban J connectivity index is 1.24. The molecule has 1 fully saturated rings. The lowest BCUT2D eigenvalue weighted by Crippen LogP contribution is -2.40. The highest BCUT2D eigenvalue weighted by atomic mass is 31.0. The zero-order valence-electron chi connectivity index (χ0n) is 21.1. The average Bonchev–Trinajstić information content (AvgIpc) is 3.59. The zero-order chi connectivity index (χ0) is 27.4. The van der Waals surface area contributed by atoms with Crippen molar-refractivity contribution in [2.45, 2.75) is 37.1 Å². The van der Waals surface area contributed by atoms with Crippen LogP contribution in [0.2, 0.25) is 0 Å². The van der Waals surface area contributed by atoms with E-state index in [9.17, 15) is 19.5 Å². The van der Waals surface area contributed by atoms with Gasteiger partial charge in [-0.05, 0) is 42.7 Å². The molecule has 0 bridgehead atoms. The molecule has 12 nitrogen and oxygen atoms in total. The Morgan fingerprint density at radius 3 is 2.79 bits per heavy atom. The van der Waals surface area contributed by atoms with Gasteiger partial charge < -0.3 is 31.1 Å². The van der Waals surface area contributed by atoms with Gasteiger partial charge in [-0.25, -0.2) is 0 Å². The average molecular weight is 552 g/mol. The number of aliphatic imine (C=N–C) groups is 1. The Morgan fingerprint density at radius 2 is 2.05 bits per heavy atom. The number of hydrogen-bond donors (Lipinski definition) is 6. The number of benzene rings is 2. The van der Waals surface area contributed by atoms with Crippen LogP contribution in [0, 0.1) is 0 Å². The second-order valence-corrected chi connectivity index (χ2v) is 10.5. The van der Waals surface area contributed by atoms with Crippen LogP contribution in [0.4, 0.5) is 5.69 Å². The first-order valence-corrected chi connectivity index (χ1v) is 13.3. The Bertz CT molecular complexity index is 1420. The molecule has 204 valence electrons. The Hall–Kier alpha value is -4.18. The molecule has 3 unspecified atom stereocenters. The van der Waals surface area contributed by atoms with Crippen molar-refractivity contribution in [3.63, 3.8) is 0 Å². The molecule has 2 aliphatic rings. The van der Waals surface area contributed by atoms with Gasteiger partial charge in [0.15, 0.2) is 5.96 Å². The summed E-state index contributed by atoms with van der Waals surface area (Å²) in [6, 6.07) is 9.58. The van der Waals surface area contributed by atoms with E-state index in [1.807, 2.05) is 0 Å². The number of amides is 2. The molecule has 1 aromatic heterocycles. The van der Waals surface area contributed by atoms with Gasteiger partial charge in [0.25, 0.3) is 5.91 Å². The van der Waals surface area contributed by atoms with Crippen LogP contribution in [0.3, 0.4) is 0 Å². The Labute approximate surface area is 226 Å². The molecule has 3 atom stereocenters. The zero-order valence-corrected chi connectivity index (χ0v) is 22.2. The molecule has 2 aromatic carbocycles. The number of carbonyl (C=O) groups excluding carboxylic acids is 2. The maximum Gasteiger partial charge on any atom is 0.305 e. The summed E-state index contributed by atoms with van der Waals surface area (Å²) in [5.41, 5.74) is 2.56. The second-order valence-electron chi connectivity index (χ2n) is 9.60. The SMILES string of the molecule is O=C(O)CC(NC(=O)CNC(=O)c1cc(NC2=NCC(P)CN2)c2cn[nH]c2c1)c1cccc(OC2CC2)c1. The van der Waals surface area contributed by atoms with Gasteiger partial charge in [0, 0.05) is 23.2 Å². The van der Waals surface area contributed by atoms with Gasteiger partial charge in [0.1, 0.15) is 5.75 Å². The van der Waals surface area contributed by atoms with Gasteiger partial charge in [-0.1, -0.05) is 12.1 Å². The summed E-state index contributed by atoms with van der Waals surface area (Å²) in [6.07, 6.45) is 3.52. The van der Waals surface area contributed by atoms with Crippen LogP contribution in [0.15, 0.2) is 47.6 Å². The molecule has 0 saturated heterocycles. The van der Waals surface area contributed by atoms with Gasteiger partial charge in [0.2, 0.25) is 5.91 Å². The minimum Gasteiger partial charge on any atom is -0.490 e. The van der Waals surface area contributed by atoms with Crippen LogP contribution >= 0.6 is 9.24 Å². The maximum absolute atomic E-state index is 13.0. The van der Waals surface area contributed by atoms with E-state index in [0.717, 1.165) is 24.8 Å². The third-order valence-electron chi connectivity index (χ3n) is 6.30. The predicted molar refractivity (Wildman–Crippen MR) is 149 cm³/mol. The lowest BCUT2D eigenvalue weighted by atomic mass is 10.0. The largest absolute Gasteiger partial charge is 0.490 e. The lowest BCUT2D eigenvalue weighted by molar-refractivity contribution is -0.137. The summed E-state index contributed by atoms with van der Waals surface area (Å²) in [6.45, 7) is 1.08. The van der Waals surface area contributed by atoms with Gasteiger partial charge in [-0.3, -0.25) is 24.5 Å². The molecule has 39 heavy (non-hydrogen) atoms. The quantitative estimate of drug-likeness (QED) is 0.207. The van der Waals surface area contributed by atoms with Crippen LogP contribution in [0.25, 0.3) is 10.9 Å². The number of aromatic nitrogens is 2. The number of aromatic amines is 1. The second kappa shape index (κ2) is 11.7. The number of anilines is 1. The number of carboxylic acid groups (broad SMARTS) is 1. The highest BCUT2D eigenvalue weighted by Gasteiger charge is 2.25. The van der Waals surface area contributed by atoms with Crippen molar-refractivity contribution < 1.29 is 24.2 Å². The highest BCUT2D eigenvalue weighted by molar-refractivity contribution is 7.17. The molecule has 1 aliphatic carbocycles. The van der Waals surface area contributed by atoms with E-state index in [0.29, 0.717) is 46.2 Å². The third-order valence-corrected chi connectivity index (χ3v) is 6.75. The van der Waals surface area contributed by atoms with Crippen LogP contribution in [-0.2, 0) is 9.59 Å². The molecule has 3 aromatic rings. The number of hydrogen-bond acceptors (Lipinski definition) is 8. The predicted octanol–water partition coefficient (Wildman–Crippen LogP) is 1.78. The number of H-pyrrole nitrogens is 1. The van der Waals surface area contributed by atoms with Crippen molar-refractivity contribution in [1.82, 2.24) is 26.1 Å². The number of carboxylic acids is 1. The number of nitrogens with zero attached hydrogens (tertiary/aromatic N) is 2. The van der Waals surface area contributed by atoms with Crippen molar-refractivity contribution in [3.05, 3.63) is 53.7 Å². The molecule has 0 radical (unpaired) electrons. The molecule has 1 aliphatic heterocycles. The normalized spacial score (nSPS) is 17.5. The lowest BCUT2D eigenvalue weighted by Gasteiger charge is -2.21. The maximum atomic E-state index is 13.0. The van der Waals surface area contributed by atoms with E-state index in [2.05, 4.69) is 45.7 Å². The van der Waals surface area contributed by atoms with Crippen molar-refractivity contribution >= 4 is 49.6 Å². The minimum absolute atomic E-state index is 0.189. The molecule has 5 rings (SSSR count). The van der Waals surface area contributed by atoms with E-state index >= 15 is 0 Å². The van der Waals surface area contributed by atoms with Crippen molar-refractivity contribution in [3.8, 4) is 5.75 Å². The fraction of sp³-hybridized carbons (Fsp3) is 0.346. The smallest absolute Gasteiger partial charge is 0.305 e. The van der Waals surface area contributed by atoms with Crippen molar-refractivity contribution in [1.29, 1.82) is 0 Å². The number of fused-ring (bicyclic) bond motifs is 1. The molecule has 6 N–H and O–H groups in total. The van der Waals surface area contributed by atoms with Gasteiger partial charge in [0.05, 0.1) is 49.1 Å². The van der Waals surface area contributed by atoms with Crippen molar-refractivity contribution in [2.75, 3.05) is 25.0 Å². The first kappa shape index (κ1) is 26.4. The summed E-state index contributed by atoms with van der Waals surface area (Å²) in [4.78, 5) is 41.7. The van der Waals surface area contributed by atoms with Crippen molar-refractivity contribution in [2.24, 2.45) is 4.99 Å². The summed E-state index contributed by atoms with van der Waals surface area (Å²) in [7, 11) is 2.73. The van der Waals surface area contributed by atoms with Crippen LogP contribution in [0.1, 0.15) is 41.2 Å². The van der Waals surface area contributed by atoms with Crippen LogP contribution in [0.5, 0.6) is 5.75 Å². The number of guanidine groups is 1. The summed E-state index contributed by atoms with van der Waals surface area (Å²) >= 11 is 0. The molecule has 1 saturated carbocycles. The number of rotatable bonds is 10. The molecule has 2 heterocycles. The van der Waals surface area contributed by atoms with E-state index in [4.69, 9.17) is 4.74 Å². The number of ether oxygens (including phenoxy) is 1. The molecular weight excluding hydrogens is 521 g/mol. The molecule has 13 heteroatoms. The number of aliphatic carboxylic acids is 1. The highest BCUT2D eigenvalue weighted by Crippen LogP contribution is 2.29. The number of carbonyl (C=O) groups is 3. The van der Waals surface area contributed by atoms with Crippen LogP contribution in [-0.4, -0.2) is 70.4 Å². The summed E-state index contributed by atoms with van der Waals surface area (Å²) < 4.78 is 5.80. The third kappa shape index (κ3) is 7.02. The first-order valence-electron chi connectivity index (χ1n) is 12.7. The van der Waals surface area contributed by atoms with Crippen LogP contribution < -0.4 is 26.0 Å². The fourth-order valence-electron chi connectivity index (χ4n) is 4.17. The van der Waals surface area contributed by atoms with Gasteiger partial charge >= 0.3 is 5.97 Å². The number of nitrogens with one attached hydrogen (secondary N) is 5. The summed E-state index contributed by atoms with van der Waals surface area (Å²) in [5, 5.41) is 28.9. The molecular formula is C26H30N7O5P. The molecule has 2 amide bonds. The Kier molecular flexibility index (Phi) is 7.92. The van der Waals surface area contributed by atoms with Gasteiger partial charge in [-0.15, -0.1) is 9.24 Å². The Morgan fingerprint density at radius 1 is 1.21 bits per heavy atom.